The van der Waals surface area contributed by atoms with E-state index in [1.807, 2.05) is 24.3 Å². The maximum atomic E-state index is 13.1. The van der Waals surface area contributed by atoms with E-state index in [0.717, 1.165) is 28.9 Å². The molecule has 5 atom stereocenters. The van der Waals surface area contributed by atoms with Crippen LogP contribution >= 0.6 is 0 Å². The topological polar surface area (TPSA) is 83.6 Å². The number of ketones is 1. The number of fused-ring (bicyclic) bond motifs is 4. The van der Waals surface area contributed by atoms with Crippen molar-refractivity contribution >= 4 is 29.2 Å². The zero-order valence-electron chi connectivity index (χ0n) is 17.6. The first-order chi connectivity index (χ1) is 15.5. The highest BCUT2D eigenvalue weighted by molar-refractivity contribution is 6.22. The van der Waals surface area contributed by atoms with Crippen LogP contribution in [0.25, 0.3) is 11.1 Å². The Balaban J connectivity index is 1.23. The van der Waals surface area contributed by atoms with Gasteiger partial charge in [0.1, 0.15) is 6.04 Å². The van der Waals surface area contributed by atoms with E-state index in [9.17, 15) is 19.2 Å². The average molecular weight is 426 g/mol. The minimum atomic E-state index is -0.916. The zero-order chi connectivity index (χ0) is 22.1. The Morgan fingerprint density at radius 3 is 2.09 bits per heavy atom. The molecule has 1 N–H and O–H groups in total. The summed E-state index contributed by atoms with van der Waals surface area (Å²) in [6.07, 6.45) is 5.96. The van der Waals surface area contributed by atoms with Gasteiger partial charge >= 0.3 is 0 Å². The molecule has 6 heteroatoms. The molecule has 3 amide bonds. The fraction of sp³-hybridized carbons (Fsp3) is 0.308. The first kappa shape index (κ1) is 19.2. The second kappa shape index (κ2) is 6.73. The van der Waals surface area contributed by atoms with Crippen LogP contribution in [0.4, 0.5) is 5.69 Å². The summed E-state index contributed by atoms with van der Waals surface area (Å²) < 4.78 is 0. The molecule has 2 fully saturated rings. The molecule has 1 saturated carbocycles. The first-order valence-electron chi connectivity index (χ1n) is 11.1. The molecule has 1 saturated heterocycles. The van der Waals surface area contributed by atoms with Crippen LogP contribution in [0.3, 0.4) is 0 Å². The third kappa shape index (κ3) is 2.52. The van der Waals surface area contributed by atoms with Gasteiger partial charge in [0.05, 0.1) is 11.8 Å². The van der Waals surface area contributed by atoms with Crippen molar-refractivity contribution in [3.63, 3.8) is 0 Å². The Morgan fingerprint density at radius 2 is 1.47 bits per heavy atom. The number of anilines is 1. The van der Waals surface area contributed by atoms with Crippen molar-refractivity contribution in [1.29, 1.82) is 0 Å². The van der Waals surface area contributed by atoms with Gasteiger partial charge in [-0.25, -0.2) is 0 Å². The molecule has 7 rings (SSSR count). The summed E-state index contributed by atoms with van der Waals surface area (Å²) >= 11 is 0. The van der Waals surface area contributed by atoms with E-state index in [-0.39, 0.29) is 41.3 Å². The molecule has 32 heavy (non-hydrogen) atoms. The fourth-order valence-electron chi connectivity index (χ4n) is 5.95. The largest absolute Gasteiger partial charge is 0.324 e. The van der Waals surface area contributed by atoms with Crippen molar-refractivity contribution in [3.8, 4) is 11.1 Å². The molecule has 1 heterocycles. The summed E-state index contributed by atoms with van der Waals surface area (Å²) in [5, 5.41) is 2.80. The first-order valence-corrected chi connectivity index (χ1v) is 11.1. The third-order valence-electron chi connectivity index (χ3n) is 7.55. The van der Waals surface area contributed by atoms with Crippen LogP contribution in [0.1, 0.15) is 35.7 Å². The van der Waals surface area contributed by atoms with Crippen molar-refractivity contribution in [1.82, 2.24) is 4.90 Å². The van der Waals surface area contributed by atoms with E-state index in [2.05, 4.69) is 17.5 Å². The van der Waals surface area contributed by atoms with Crippen molar-refractivity contribution in [2.75, 3.05) is 5.32 Å². The van der Waals surface area contributed by atoms with Gasteiger partial charge in [-0.15, -0.1) is 0 Å². The number of hydrogen-bond donors (Lipinski definition) is 1. The second-order valence-electron chi connectivity index (χ2n) is 9.19. The van der Waals surface area contributed by atoms with Crippen molar-refractivity contribution in [2.45, 2.75) is 25.8 Å². The number of benzene rings is 2. The minimum Gasteiger partial charge on any atom is -0.324 e. The lowest BCUT2D eigenvalue weighted by atomic mass is 9.63. The number of nitrogens with zero attached hydrogens (tertiary/aromatic N) is 1. The maximum Gasteiger partial charge on any atom is 0.247 e. The molecule has 0 unspecified atom stereocenters. The van der Waals surface area contributed by atoms with Gasteiger partial charge in [0, 0.05) is 16.8 Å². The molecular weight excluding hydrogens is 404 g/mol. The predicted molar refractivity (Wildman–Crippen MR) is 118 cm³/mol. The predicted octanol–water partition coefficient (Wildman–Crippen LogP) is 3.42. The molecule has 4 aliphatic carbocycles. The summed E-state index contributed by atoms with van der Waals surface area (Å²) in [4.78, 5) is 53.1. The van der Waals surface area contributed by atoms with Crippen LogP contribution in [0, 0.1) is 23.7 Å². The van der Waals surface area contributed by atoms with Crippen LogP contribution < -0.4 is 5.32 Å². The Kier molecular flexibility index (Phi) is 4.03. The van der Waals surface area contributed by atoms with Gasteiger partial charge in [-0.05, 0) is 54.9 Å². The van der Waals surface area contributed by atoms with E-state index >= 15 is 0 Å². The number of imide groups is 1. The maximum absolute atomic E-state index is 13.1. The standard InChI is InChI=1S/C26H22N2O4/c1-13(28-25(31)21-14-6-7-15(9-8-14)22(21)26(28)32)24(30)27-16-10-11-18-17-4-2-3-5-19(17)23(29)20(18)12-16/h2-7,10-15,21-22H,8-9H2,1H3,(H,27,30)/t13-,14+,15+,21-,22-/m1/s1. The van der Waals surface area contributed by atoms with Crippen molar-refractivity contribution < 1.29 is 19.2 Å². The molecule has 2 aromatic carbocycles. The number of nitrogens with one attached hydrogen (secondary N) is 1. The summed E-state index contributed by atoms with van der Waals surface area (Å²) in [5.74, 6) is -1.47. The second-order valence-corrected chi connectivity index (χ2v) is 9.19. The summed E-state index contributed by atoms with van der Waals surface area (Å²) in [6, 6.07) is 11.7. The van der Waals surface area contributed by atoms with Gasteiger partial charge in [0.25, 0.3) is 0 Å². The number of hydrogen-bond acceptors (Lipinski definition) is 4. The lowest BCUT2D eigenvalue weighted by Crippen LogP contribution is -2.46. The lowest BCUT2D eigenvalue weighted by Gasteiger charge is -2.38. The molecule has 5 aliphatic rings. The van der Waals surface area contributed by atoms with Gasteiger partial charge < -0.3 is 5.32 Å². The van der Waals surface area contributed by atoms with Crippen LogP contribution in [0.5, 0.6) is 0 Å². The van der Waals surface area contributed by atoms with Crippen LogP contribution in [0.15, 0.2) is 54.6 Å². The zero-order valence-corrected chi connectivity index (χ0v) is 17.6. The monoisotopic (exact) mass is 426 g/mol. The van der Waals surface area contributed by atoms with Gasteiger partial charge in [0.2, 0.25) is 17.7 Å². The number of allylic oxidation sites excluding steroid dienone is 2. The van der Waals surface area contributed by atoms with Crippen LogP contribution in [-0.2, 0) is 14.4 Å². The molecule has 1 aliphatic heterocycles. The average Bonchev–Trinajstić information content (AvgIpc) is 3.26. The van der Waals surface area contributed by atoms with Gasteiger partial charge in [0.15, 0.2) is 5.78 Å². The molecule has 2 aromatic rings. The molecule has 0 spiro atoms. The third-order valence-corrected chi connectivity index (χ3v) is 7.55. The Bertz CT molecular complexity index is 1210. The number of rotatable bonds is 3. The van der Waals surface area contributed by atoms with Crippen molar-refractivity contribution in [2.24, 2.45) is 23.7 Å². The summed E-state index contributed by atoms with van der Waals surface area (Å²) in [7, 11) is 0. The lowest BCUT2D eigenvalue weighted by molar-refractivity contribution is -0.146. The molecule has 6 nitrogen and oxygen atoms in total. The van der Waals surface area contributed by atoms with E-state index in [0.29, 0.717) is 16.8 Å². The van der Waals surface area contributed by atoms with Gasteiger partial charge in [-0.2, -0.15) is 0 Å². The Labute approximate surface area is 185 Å². The summed E-state index contributed by atoms with van der Waals surface area (Å²) in [6.45, 7) is 1.59. The van der Waals surface area contributed by atoms with E-state index in [1.54, 1.807) is 25.1 Å². The molecule has 0 aromatic heterocycles. The van der Waals surface area contributed by atoms with E-state index < -0.39 is 11.9 Å². The van der Waals surface area contributed by atoms with Gasteiger partial charge in [-0.3, -0.25) is 24.1 Å². The molecular formula is C26H22N2O4. The molecule has 2 bridgehead atoms. The highest BCUT2D eigenvalue weighted by Crippen LogP contribution is 2.50. The fourth-order valence-corrected chi connectivity index (χ4v) is 5.95. The minimum absolute atomic E-state index is 0.0725. The SMILES string of the molecule is C[C@H](C(=O)Nc1ccc2c(c1)C(=O)c1ccccc1-2)N1C(=O)[C@H]2[C@H](C1=O)[C@H]1C=C[C@H]2CC1. The Hall–Kier alpha value is -3.54. The van der Waals surface area contributed by atoms with E-state index in [4.69, 9.17) is 0 Å². The van der Waals surface area contributed by atoms with E-state index in [1.165, 1.54) is 0 Å². The Morgan fingerprint density at radius 1 is 0.875 bits per heavy atom. The van der Waals surface area contributed by atoms with Crippen molar-refractivity contribution in [3.05, 3.63) is 65.7 Å². The number of amides is 3. The van der Waals surface area contributed by atoms with Gasteiger partial charge in [-0.1, -0.05) is 42.5 Å². The smallest absolute Gasteiger partial charge is 0.247 e. The number of likely N-dealkylation sites (tertiary alicyclic amines) is 1. The van der Waals surface area contributed by atoms with Crippen LogP contribution in [-0.4, -0.2) is 34.4 Å². The molecule has 160 valence electrons. The highest BCUT2D eigenvalue weighted by atomic mass is 16.2. The molecule has 0 radical (unpaired) electrons. The normalized spacial score (nSPS) is 27.9. The summed E-state index contributed by atoms with van der Waals surface area (Å²) in [5.41, 5.74) is 3.39. The highest BCUT2D eigenvalue weighted by Gasteiger charge is 2.58. The number of carbonyl (C=O) groups is 4. The van der Waals surface area contributed by atoms with Crippen LogP contribution in [0.2, 0.25) is 0 Å². The number of carbonyl (C=O) groups excluding carboxylic acids is 4. The quantitative estimate of drug-likeness (QED) is 0.514.